The maximum absolute atomic E-state index is 10.8. The summed E-state index contributed by atoms with van der Waals surface area (Å²) in [5, 5.41) is 14.3. The van der Waals surface area contributed by atoms with Crippen molar-refractivity contribution < 1.29 is 14.6 Å². The van der Waals surface area contributed by atoms with E-state index in [-0.39, 0.29) is 6.10 Å². The van der Waals surface area contributed by atoms with Gasteiger partial charge in [-0.05, 0) is 22.4 Å². The molecule has 2 aromatic rings. The standard InChI is InChI=1S/C16H17NO3/c18-16(19)15-8-14(9-17-15)20-10-11-5-6-12-3-1-2-4-13(12)7-11/h1-7,14-15,17H,8-10H2,(H,18,19)/t14-,15-/m0/s1. The van der Waals surface area contributed by atoms with Crippen LogP contribution in [0.15, 0.2) is 42.5 Å². The van der Waals surface area contributed by atoms with Crippen molar-refractivity contribution in [3.8, 4) is 0 Å². The number of benzene rings is 2. The fraction of sp³-hybridized carbons (Fsp3) is 0.312. The number of fused-ring (bicyclic) bond motifs is 1. The fourth-order valence-electron chi connectivity index (χ4n) is 2.56. The lowest BCUT2D eigenvalue weighted by atomic mass is 10.1. The zero-order valence-electron chi connectivity index (χ0n) is 11.1. The van der Waals surface area contributed by atoms with Crippen LogP contribution in [0.4, 0.5) is 0 Å². The molecule has 4 heteroatoms. The molecule has 0 saturated carbocycles. The second-order valence-electron chi connectivity index (χ2n) is 5.15. The van der Waals surface area contributed by atoms with Crippen LogP contribution in [-0.2, 0) is 16.1 Å². The highest BCUT2D eigenvalue weighted by Gasteiger charge is 2.29. The van der Waals surface area contributed by atoms with Crippen molar-refractivity contribution >= 4 is 16.7 Å². The summed E-state index contributed by atoms with van der Waals surface area (Å²) in [6, 6.07) is 14.0. The molecule has 1 aliphatic rings. The van der Waals surface area contributed by atoms with Crippen LogP contribution in [0.3, 0.4) is 0 Å². The third-order valence-corrected chi connectivity index (χ3v) is 3.69. The molecule has 0 spiro atoms. The van der Waals surface area contributed by atoms with Crippen LogP contribution in [0, 0.1) is 0 Å². The number of carboxylic acids is 1. The molecule has 2 atom stereocenters. The van der Waals surface area contributed by atoms with E-state index in [1.54, 1.807) is 0 Å². The van der Waals surface area contributed by atoms with Crippen LogP contribution >= 0.6 is 0 Å². The molecular formula is C16H17NO3. The smallest absolute Gasteiger partial charge is 0.320 e. The van der Waals surface area contributed by atoms with Crippen molar-refractivity contribution in [3.05, 3.63) is 48.0 Å². The molecule has 0 radical (unpaired) electrons. The number of rotatable bonds is 4. The maximum atomic E-state index is 10.8. The third-order valence-electron chi connectivity index (χ3n) is 3.69. The first-order chi connectivity index (χ1) is 9.72. The third kappa shape index (κ3) is 2.81. The van der Waals surface area contributed by atoms with Gasteiger partial charge in [-0.3, -0.25) is 4.79 Å². The Kier molecular flexibility index (Phi) is 3.67. The van der Waals surface area contributed by atoms with Gasteiger partial charge in [-0.1, -0.05) is 36.4 Å². The minimum Gasteiger partial charge on any atom is -0.480 e. The first kappa shape index (κ1) is 13.1. The molecule has 1 heterocycles. The van der Waals surface area contributed by atoms with Crippen molar-refractivity contribution in [3.63, 3.8) is 0 Å². The van der Waals surface area contributed by atoms with E-state index in [2.05, 4.69) is 35.6 Å². The molecule has 0 amide bonds. The molecule has 1 saturated heterocycles. The van der Waals surface area contributed by atoms with Gasteiger partial charge in [0.25, 0.3) is 0 Å². The van der Waals surface area contributed by atoms with Gasteiger partial charge >= 0.3 is 5.97 Å². The molecule has 0 aromatic heterocycles. The topological polar surface area (TPSA) is 58.6 Å². The molecule has 0 aliphatic carbocycles. The normalized spacial score (nSPS) is 22.2. The van der Waals surface area contributed by atoms with Crippen LogP contribution < -0.4 is 5.32 Å². The first-order valence-corrected chi connectivity index (χ1v) is 6.78. The predicted molar refractivity (Wildman–Crippen MR) is 76.6 cm³/mol. The van der Waals surface area contributed by atoms with Crippen LogP contribution in [-0.4, -0.2) is 29.8 Å². The van der Waals surface area contributed by atoms with Gasteiger partial charge in [0.1, 0.15) is 6.04 Å². The van der Waals surface area contributed by atoms with Gasteiger partial charge in [0.15, 0.2) is 0 Å². The Hall–Kier alpha value is -1.91. The SMILES string of the molecule is O=C(O)[C@@H]1C[C@H](OCc2ccc3ccccc3c2)CN1. The van der Waals surface area contributed by atoms with Crippen molar-refractivity contribution in [2.24, 2.45) is 0 Å². The molecule has 0 unspecified atom stereocenters. The minimum atomic E-state index is -0.804. The number of carboxylic acid groups (broad SMARTS) is 1. The number of carbonyl (C=O) groups is 1. The summed E-state index contributed by atoms with van der Waals surface area (Å²) in [6.07, 6.45) is 0.505. The highest BCUT2D eigenvalue weighted by atomic mass is 16.5. The summed E-state index contributed by atoms with van der Waals surface area (Å²) in [5.41, 5.74) is 1.11. The molecular weight excluding hydrogens is 254 g/mol. The molecule has 1 aliphatic heterocycles. The van der Waals surface area contributed by atoms with E-state index in [1.165, 1.54) is 10.8 Å². The second kappa shape index (κ2) is 5.61. The van der Waals surface area contributed by atoms with E-state index in [0.29, 0.717) is 19.6 Å². The van der Waals surface area contributed by atoms with E-state index in [0.717, 1.165) is 5.56 Å². The molecule has 1 fully saturated rings. The number of ether oxygens (including phenoxy) is 1. The van der Waals surface area contributed by atoms with E-state index in [9.17, 15) is 4.79 Å². The molecule has 0 bridgehead atoms. The monoisotopic (exact) mass is 271 g/mol. The lowest BCUT2D eigenvalue weighted by molar-refractivity contribution is -0.139. The zero-order chi connectivity index (χ0) is 13.9. The fourth-order valence-corrected chi connectivity index (χ4v) is 2.56. The minimum absolute atomic E-state index is 0.0254. The van der Waals surface area contributed by atoms with Crippen LogP contribution in [0.5, 0.6) is 0 Å². The number of hydrogen-bond donors (Lipinski definition) is 2. The van der Waals surface area contributed by atoms with E-state index in [4.69, 9.17) is 9.84 Å². The highest BCUT2D eigenvalue weighted by molar-refractivity contribution is 5.82. The quantitative estimate of drug-likeness (QED) is 0.894. The van der Waals surface area contributed by atoms with Gasteiger partial charge in [-0.2, -0.15) is 0 Å². The largest absolute Gasteiger partial charge is 0.480 e. The van der Waals surface area contributed by atoms with Crippen LogP contribution in [0.2, 0.25) is 0 Å². The number of nitrogens with one attached hydrogen (secondary N) is 1. The summed E-state index contributed by atoms with van der Waals surface area (Å²) >= 11 is 0. The lowest BCUT2D eigenvalue weighted by Crippen LogP contribution is -2.29. The summed E-state index contributed by atoms with van der Waals surface area (Å²) in [6.45, 7) is 1.12. The summed E-state index contributed by atoms with van der Waals surface area (Å²) in [4.78, 5) is 10.8. The van der Waals surface area contributed by atoms with Gasteiger partial charge in [-0.25, -0.2) is 0 Å². The van der Waals surface area contributed by atoms with Crippen molar-refractivity contribution in [1.29, 1.82) is 0 Å². The summed E-state index contributed by atoms with van der Waals surface area (Å²) < 4.78 is 5.79. The molecule has 2 aromatic carbocycles. The van der Waals surface area contributed by atoms with Crippen LogP contribution in [0.25, 0.3) is 10.8 Å². The van der Waals surface area contributed by atoms with E-state index < -0.39 is 12.0 Å². The van der Waals surface area contributed by atoms with Gasteiger partial charge in [0.2, 0.25) is 0 Å². The van der Waals surface area contributed by atoms with Gasteiger partial charge < -0.3 is 15.2 Å². The van der Waals surface area contributed by atoms with Crippen LogP contribution in [0.1, 0.15) is 12.0 Å². The first-order valence-electron chi connectivity index (χ1n) is 6.78. The second-order valence-corrected chi connectivity index (χ2v) is 5.15. The molecule has 20 heavy (non-hydrogen) atoms. The van der Waals surface area contributed by atoms with Crippen molar-refractivity contribution in [2.75, 3.05) is 6.54 Å². The molecule has 2 N–H and O–H groups in total. The predicted octanol–water partition coefficient (Wildman–Crippen LogP) is 2.17. The Labute approximate surface area is 117 Å². The van der Waals surface area contributed by atoms with Gasteiger partial charge in [0, 0.05) is 13.0 Å². The van der Waals surface area contributed by atoms with Gasteiger partial charge in [-0.15, -0.1) is 0 Å². The Morgan fingerprint density at radius 1 is 1.25 bits per heavy atom. The van der Waals surface area contributed by atoms with E-state index in [1.807, 2.05) is 12.1 Å². The Morgan fingerprint density at radius 2 is 2.05 bits per heavy atom. The molecule has 3 rings (SSSR count). The van der Waals surface area contributed by atoms with Crippen molar-refractivity contribution in [2.45, 2.75) is 25.2 Å². The summed E-state index contributed by atoms with van der Waals surface area (Å²) in [5.74, 6) is -0.804. The average molecular weight is 271 g/mol. The lowest BCUT2D eigenvalue weighted by Gasteiger charge is -2.11. The maximum Gasteiger partial charge on any atom is 0.320 e. The Bertz CT molecular complexity index is 626. The van der Waals surface area contributed by atoms with Crippen molar-refractivity contribution in [1.82, 2.24) is 5.32 Å². The number of hydrogen-bond acceptors (Lipinski definition) is 3. The van der Waals surface area contributed by atoms with E-state index >= 15 is 0 Å². The Balaban J connectivity index is 1.61. The van der Waals surface area contributed by atoms with Gasteiger partial charge in [0.05, 0.1) is 12.7 Å². The zero-order valence-corrected chi connectivity index (χ0v) is 11.1. The molecule has 4 nitrogen and oxygen atoms in total. The molecule has 104 valence electrons. The average Bonchev–Trinajstić information content (AvgIpc) is 2.94. The summed E-state index contributed by atoms with van der Waals surface area (Å²) in [7, 11) is 0. The number of aliphatic carboxylic acids is 1. The highest BCUT2D eigenvalue weighted by Crippen LogP contribution is 2.18. The Morgan fingerprint density at radius 3 is 2.80 bits per heavy atom.